The minimum Gasteiger partial charge on any atom is -0.356 e. The number of hydrogen-bond donors (Lipinski definition) is 2. The predicted molar refractivity (Wildman–Crippen MR) is 94.8 cm³/mol. The number of guanidine groups is 1. The zero-order chi connectivity index (χ0) is 16.7. The number of nitrogens with zero attached hydrogens (tertiary/aromatic N) is 2. The summed E-state index contributed by atoms with van der Waals surface area (Å²) in [7, 11) is 1.71. The molecule has 0 aliphatic heterocycles. The lowest BCUT2D eigenvalue weighted by atomic mass is 10.2. The second-order valence-corrected chi connectivity index (χ2v) is 6.53. The highest BCUT2D eigenvalue weighted by molar-refractivity contribution is 7.11. The smallest absolute Gasteiger partial charge is 0.191 e. The van der Waals surface area contributed by atoms with Crippen molar-refractivity contribution in [1.82, 2.24) is 15.6 Å². The van der Waals surface area contributed by atoms with E-state index in [2.05, 4.69) is 27.5 Å². The average Bonchev–Trinajstić information content (AvgIpc) is 3.02. The molecule has 1 heterocycles. The molecule has 1 aromatic heterocycles. The minimum absolute atomic E-state index is 0.128. The quantitative estimate of drug-likeness (QED) is 0.617. The van der Waals surface area contributed by atoms with Crippen LogP contribution in [0, 0.1) is 5.82 Å². The van der Waals surface area contributed by atoms with Crippen molar-refractivity contribution in [3.8, 4) is 0 Å². The minimum atomic E-state index is -0.409. The normalized spacial score (nSPS) is 11.6. The molecule has 0 aliphatic carbocycles. The van der Waals surface area contributed by atoms with Crippen LogP contribution in [0.15, 0.2) is 29.4 Å². The van der Waals surface area contributed by atoms with Crippen LogP contribution in [0.25, 0.3) is 0 Å². The zero-order valence-corrected chi connectivity index (χ0v) is 14.8. The van der Waals surface area contributed by atoms with Gasteiger partial charge in [-0.25, -0.2) is 9.37 Å². The van der Waals surface area contributed by atoms with Gasteiger partial charge in [-0.3, -0.25) is 4.99 Å². The summed E-state index contributed by atoms with van der Waals surface area (Å²) in [6.45, 7) is 3.40. The van der Waals surface area contributed by atoms with Crippen molar-refractivity contribution in [3.05, 3.63) is 50.7 Å². The molecule has 0 radical (unpaired) electrons. The maximum absolute atomic E-state index is 13.1. The largest absolute Gasteiger partial charge is 0.356 e. The first-order valence-electron chi connectivity index (χ1n) is 7.44. The molecule has 124 valence electrons. The van der Waals surface area contributed by atoms with E-state index in [1.165, 1.54) is 10.9 Å². The van der Waals surface area contributed by atoms with E-state index in [9.17, 15) is 4.39 Å². The van der Waals surface area contributed by atoms with Gasteiger partial charge in [0.05, 0.1) is 10.0 Å². The van der Waals surface area contributed by atoms with Crippen molar-refractivity contribution in [2.24, 2.45) is 4.99 Å². The van der Waals surface area contributed by atoms with Gasteiger partial charge in [0.2, 0.25) is 0 Å². The third-order valence-corrected chi connectivity index (χ3v) is 4.74. The van der Waals surface area contributed by atoms with Crippen molar-refractivity contribution < 1.29 is 4.39 Å². The van der Waals surface area contributed by atoms with E-state index in [4.69, 9.17) is 11.6 Å². The molecule has 2 N–H and O–H groups in total. The summed E-state index contributed by atoms with van der Waals surface area (Å²) in [6.07, 6.45) is 3.81. The number of thiazole rings is 1. The summed E-state index contributed by atoms with van der Waals surface area (Å²) in [5, 5.41) is 7.66. The molecule has 0 unspecified atom stereocenters. The second kappa shape index (κ2) is 8.84. The van der Waals surface area contributed by atoms with E-state index in [1.54, 1.807) is 30.5 Å². The molecule has 2 aromatic rings. The summed E-state index contributed by atoms with van der Waals surface area (Å²) in [6, 6.07) is 4.67. The molecule has 4 nitrogen and oxygen atoms in total. The van der Waals surface area contributed by atoms with Crippen LogP contribution in [-0.4, -0.2) is 24.5 Å². The van der Waals surface area contributed by atoms with Gasteiger partial charge >= 0.3 is 0 Å². The topological polar surface area (TPSA) is 49.3 Å². The number of nitrogens with one attached hydrogen (secondary N) is 2. The Bertz CT molecular complexity index is 672. The third-order valence-electron chi connectivity index (χ3n) is 3.25. The fourth-order valence-electron chi connectivity index (χ4n) is 1.97. The lowest BCUT2D eigenvalue weighted by molar-refractivity contribution is 0.627. The number of hydrogen-bond acceptors (Lipinski definition) is 3. The summed E-state index contributed by atoms with van der Waals surface area (Å²) in [5.41, 5.74) is 0.895. The molecule has 0 amide bonds. The lowest BCUT2D eigenvalue weighted by Gasteiger charge is -2.11. The Morgan fingerprint density at radius 3 is 2.87 bits per heavy atom. The summed E-state index contributed by atoms with van der Waals surface area (Å²) in [5.74, 6) is 0.283. The van der Waals surface area contributed by atoms with E-state index in [0.29, 0.717) is 12.5 Å². The molecule has 23 heavy (non-hydrogen) atoms. The molecular formula is C16H20ClFN4S. The molecular weight excluding hydrogens is 335 g/mol. The third kappa shape index (κ3) is 5.48. The summed E-state index contributed by atoms with van der Waals surface area (Å²) < 4.78 is 13.1. The van der Waals surface area contributed by atoms with Gasteiger partial charge < -0.3 is 10.6 Å². The lowest BCUT2D eigenvalue weighted by Crippen LogP contribution is -2.37. The van der Waals surface area contributed by atoms with E-state index >= 15 is 0 Å². The fraction of sp³-hybridized carbons (Fsp3) is 0.375. The van der Waals surface area contributed by atoms with Gasteiger partial charge in [0.15, 0.2) is 5.96 Å². The standard InChI is InChI=1S/C16H20ClFN4S/c1-3-12-10-21-15(23-12)6-7-20-16(19-2)22-9-11-4-5-14(18)13(17)8-11/h4-5,8,10H,3,6-7,9H2,1-2H3,(H2,19,20,22). The number of halogens is 2. The predicted octanol–water partition coefficient (Wildman–Crippen LogP) is 3.41. The first-order chi connectivity index (χ1) is 11.1. The van der Waals surface area contributed by atoms with Crippen LogP contribution < -0.4 is 10.6 Å². The zero-order valence-electron chi connectivity index (χ0n) is 13.2. The van der Waals surface area contributed by atoms with Gasteiger partial charge in [-0.15, -0.1) is 11.3 Å². The molecule has 0 atom stereocenters. The summed E-state index contributed by atoms with van der Waals surface area (Å²) >= 11 is 7.52. The van der Waals surface area contributed by atoms with Gasteiger partial charge in [0, 0.05) is 37.6 Å². The van der Waals surface area contributed by atoms with Crippen LogP contribution in [0.4, 0.5) is 4.39 Å². The van der Waals surface area contributed by atoms with Gasteiger partial charge in [-0.2, -0.15) is 0 Å². The molecule has 0 spiro atoms. The van der Waals surface area contributed by atoms with Crippen molar-refractivity contribution >= 4 is 28.9 Å². The second-order valence-electron chi connectivity index (χ2n) is 4.92. The van der Waals surface area contributed by atoms with Crippen LogP contribution in [-0.2, 0) is 19.4 Å². The average molecular weight is 355 g/mol. The first kappa shape index (κ1) is 17.7. The van der Waals surface area contributed by atoms with Crippen molar-refractivity contribution in [1.29, 1.82) is 0 Å². The Kier molecular flexibility index (Phi) is 6.80. The number of aryl methyl sites for hydroxylation is 1. The fourth-order valence-corrected chi connectivity index (χ4v) is 3.04. The number of aliphatic imine (C=N–C) groups is 1. The SMILES string of the molecule is CCc1cnc(CCNC(=NC)NCc2ccc(F)c(Cl)c2)s1. The number of aromatic nitrogens is 1. The Hall–Kier alpha value is -1.66. The Morgan fingerprint density at radius 2 is 2.22 bits per heavy atom. The molecule has 0 saturated heterocycles. The van der Waals surface area contributed by atoms with Crippen LogP contribution >= 0.6 is 22.9 Å². The van der Waals surface area contributed by atoms with E-state index in [0.717, 1.165) is 30.0 Å². The number of benzene rings is 1. The van der Waals surface area contributed by atoms with Crippen molar-refractivity contribution in [2.45, 2.75) is 26.3 Å². The number of rotatable bonds is 6. The molecule has 2 rings (SSSR count). The van der Waals surface area contributed by atoms with Crippen LogP contribution in [0.5, 0.6) is 0 Å². The van der Waals surface area contributed by atoms with Crippen molar-refractivity contribution in [2.75, 3.05) is 13.6 Å². The van der Waals surface area contributed by atoms with Gasteiger partial charge in [0.1, 0.15) is 5.82 Å². The van der Waals surface area contributed by atoms with Crippen LogP contribution in [0.1, 0.15) is 22.4 Å². The Morgan fingerprint density at radius 1 is 1.39 bits per heavy atom. The van der Waals surface area contributed by atoms with Crippen LogP contribution in [0.2, 0.25) is 5.02 Å². The summed E-state index contributed by atoms with van der Waals surface area (Å²) in [4.78, 5) is 9.86. The maximum atomic E-state index is 13.1. The Labute approximate surface area is 144 Å². The Balaban J connectivity index is 1.77. The molecule has 1 aromatic carbocycles. The first-order valence-corrected chi connectivity index (χ1v) is 8.63. The molecule has 0 saturated carbocycles. The highest BCUT2D eigenvalue weighted by Crippen LogP contribution is 2.16. The maximum Gasteiger partial charge on any atom is 0.191 e. The van der Waals surface area contributed by atoms with Gasteiger partial charge in [-0.1, -0.05) is 24.6 Å². The van der Waals surface area contributed by atoms with E-state index < -0.39 is 5.82 Å². The molecule has 0 aliphatic rings. The highest BCUT2D eigenvalue weighted by atomic mass is 35.5. The molecule has 0 bridgehead atoms. The highest BCUT2D eigenvalue weighted by Gasteiger charge is 2.04. The monoisotopic (exact) mass is 354 g/mol. The van der Waals surface area contributed by atoms with E-state index in [-0.39, 0.29) is 5.02 Å². The van der Waals surface area contributed by atoms with E-state index in [1.807, 2.05) is 6.20 Å². The van der Waals surface area contributed by atoms with Crippen molar-refractivity contribution in [3.63, 3.8) is 0 Å². The van der Waals surface area contributed by atoms with Crippen LogP contribution in [0.3, 0.4) is 0 Å². The molecule has 0 fully saturated rings. The van der Waals surface area contributed by atoms with Gasteiger partial charge in [-0.05, 0) is 24.1 Å². The van der Waals surface area contributed by atoms with Gasteiger partial charge in [0.25, 0.3) is 0 Å². The molecule has 7 heteroatoms.